The molecule has 27 heavy (non-hydrogen) atoms. The smallest absolute Gasteiger partial charge is 0.137 e. The molecule has 3 rings (SSSR count). The van der Waals surface area contributed by atoms with Crippen molar-refractivity contribution in [1.29, 1.82) is 0 Å². The van der Waals surface area contributed by atoms with Crippen LogP contribution in [0.25, 0.3) is 11.1 Å². The number of nitrogens with zero attached hydrogens (tertiary/aromatic N) is 2. The van der Waals surface area contributed by atoms with Gasteiger partial charge in [0.25, 0.3) is 0 Å². The summed E-state index contributed by atoms with van der Waals surface area (Å²) in [5, 5.41) is 13.0. The SMILES string of the molecule is COc1cc(F)c(-c2c(C)nn(C)c2Nc2ccc(SN)cc2N)c(F)c1. The second-order valence-electron chi connectivity index (χ2n) is 5.89. The molecule has 0 radical (unpaired) electrons. The largest absolute Gasteiger partial charge is 0.497 e. The number of aryl methyl sites for hydroxylation is 2. The fourth-order valence-corrected chi connectivity index (χ4v) is 3.20. The maximum atomic E-state index is 14.6. The molecule has 9 heteroatoms. The van der Waals surface area contributed by atoms with E-state index in [0.29, 0.717) is 28.5 Å². The van der Waals surface area contributed by atoms with Crippen LogP contribution in [0.15, 0.2) is 35.2 Å². The lowest BCUT2D eigenvalue weighted by Gasteiger charge is -2.14. The van der Waals surface area contributed by atoms with Crippen LogP contribution in [0.4, 0.5) is 26.0 Å². The number of benzene rings is 2. The number of aromatic nitrogens is 2. The first kappa shape index (κ1) is 19.0. The van der Waals surface area contributed by atoms with E-state index >= 15 is 0 Å². The Morgan fingerprint density at radius 1 is 1.15 bits per heavy atom. The molecule has 5 N–H and O–H groups in total. The molecule has 142 valence electrons. The number of hydrogen-bond donors (Lipinski definition) is 3. The van der Waals surface area contributed by atoms with Crippen molar-refractivity contribution >= 4 is 29.1 Å². The number of nitrogens with one attached hydrogen (secondary N) is 1. The molecule has 6 nitrogen and oxygen atoms in total. The molecule has 0 fully saturated rings. The maximum Gasteiger partial charge on any atom is 0.137 e. The zero-order valence-electron chi connectivity index (χ0n) is 15.0. The van der Waals surface area contributed by atoms with E-state index in [2.05, 4.69) is 10.4 Å². The molecule has 3 aromatic rings. The monoisotopic (exact) mass is 391 g/mol. The fourth-order valence-electron chi connectivity index (χ4n) is 2.86. The number of rotatable bonds is 5. The highest BCUT2D eigenvalue weighted by Gasteiger charge is 2.23. The van der Waals surface area contributed by atoms with Crippen LogP contribution >= 0.6 is 11.9 Å². The molecule has 2 aromatic carbocycles. The quantitative estimate of drug-likeness (QED) is 0.450. The van der Waals surface area contributed by atoms with Crippen LogP contribution < -0.4 is 20.9 Å². The van der Waals surface area contributed by atoms with Crippen molar-refractivity contribution in [3.8, 4) is 16.9 Å². The maximum absolute atomic E-state index is 14.6. The van der Waals surface area contributed by atoms with Crippen molar-refractivity contribution in [1.82, 2.24) is 9.78 Å². The Bertz CT molecular complexity index is 983. The van der Waals surface area contributed by atoms with Gasteiger partial charge in [-0.1, -0.05) is 0 Å². The molecule has 0 saturated heterocycles. The summed E-state index contributed by atoms with van der Waals surface area (Å²) in [6.45, 7) is 1.68. The Morgan fingerprint density at radius 2 is 1.81 bits per heavy atom. The molecule has 0 aliphatic rings. The Labute approximate surface area is 159 Å². The van der Waals surface area contributed by atoms with Crippen molar-refractivity contribution < 1.29 is 13.5 Å². The first-order valence-corrected chi connectivity index (χ1v) is 8.84. The molecule has 0 aliphatic heterocycles. The number of ether oxygens (including phenoxy) is 1. The van der Waals surface area contributed by atoms with Gasteiger partial charge < -0.3 is 15.8 Å². The number of methoxy groups -OCH3 is 1. The summed E-state index contributed by atoms with van der Waals surface area (Å²) >= 11 is 1.08. The van der Waals surface area contributed by atoms with Crippen LogP contribution in [0.5, 0.6) is 5.75 Å². The van der Waals surface area contributed by atoms with Gasteiger partial charge in [-0.25, -0.2) is 8.78 Å². The van der Waals surface area contributed by atoms with E-state index in [9.17, 15) is 8.78 Å². The summed E-state index contributed by atoms with van der Waals surface area (Å²) in [5.74, 6) is -0.970. The van der Waals surface area contributed by atoms with Crippen LogP contribution in [-0.4, -0.2) is 16.9 Å². The lowest BCUT2D eigenvalue weighted by atomic mass is 10.0. The number of hydrogen-bond acceptors (Lipinski definition) is 6. The van der Waals surface area contributed by atoms with Gasteiger partial charge in [0.15, 0.2) is 0 Å². The van der Waals surface area contributed by atoms with Crippen molar-refractivity contribution in [2.45, 2.75) is 11.8 Å². The zero-order valence-corrected chi connectivity index (χ0v) is 15.8. The molecule has 0 bridgehead atoms. The van der Waals surface area contributed by atoms with Gasteiger partial charge in [-0.05, 0) is 37.1 Å². The van der Waals surface area contributed by atoms with Gasteiger partial charge in [-0.2, -0.15) is 5.10 Å². The van der Waals surface area contributed by atoms with E-state index in [-0.39, 0.29) is 11.3 Å². The minimum absolute atomic E-state index is 0.101. The van der Waals surface area contributed by atoms with Gasteiger partial charge in [0.2, 0.25) is 0 Å². The Hall–Kier alpha value is -2.78. The van der Waals surface area contributed by atoms with E-state index in [1.165, 1.54) is 11.8 Å². The Kier molecular flexibility index (Phi) is 5.24. The van der Waals surface area contributed by atoms with E-state index in [1.807, 2.05) is 0 Å². The average molecular weight is 391 g/mol. The van der Waals surface area contributed by atoms with E-state index in [0.717, 1.165) is 29.0 Å². The average Bonchev–Trinajstić information content (AvgIpc) is 2.89. The Balaban J connectivity index is 2.13. The van der Waals surface area contributed by atoms with Crippen LogP contribution in [0, 0.1) is 18.6 Å². The van der Waals surface area contributed by atoms with E-state index in [1.54, 1.807) is 32.2 Å². The van der Waals surface area contributed by atoms with Gasteiger partial charge in [-0.15, -0.1) is 0 Å². The molecular formula is C18H19F2N5OS. The molecule has 1 aromatic heterocycles. The molecular weight excluding hydrogens is 372 g/mol. The van der Waals surface area contributed by atoms with Crippen LogP contribution in [0.1, 0.15) is 5.69 Å². The molecule has 0 amide bonds. The minimum Gasteiger partial charge on any atom is -0.497 e. The summed E-state index contributed by atoms with van der Waals surface area (Å²) in [6.07, 6.45) is 0. The molecule has 0 spiro atoms. The highest BCUT2D eigenvalue weighted by molar-refractivity contribution is 7.97. The first-order valence-electron chi connectivity index (χ1n) is 7.96. The second kappa shape index (κ2) is 7.45. The van der Waals surface area contributed by atoms with Crippen LogP contribution in [0.2, 0.25) is 0 Å². The van der Waals surface area contributed by atoms with E-state index < -0.39 is 11.6 Å². The summed E-state index contributed by atoms with van der Waals surface area (Å²) < 4.78 is 35.7. The third-order valence-corrected chi connectivity index (χ3v) is 4.66. The lowest BCUT2D eigenvalue weighted by Crippen LogP contribution is -2.04. The number of halogens is 2. The normalized spacial score (nSPS) is 10.9. The molecule has 0 saturated carbocycles. The van der Waals surface area contributed by atoms with Crippen molar-refractivity contribution in [2.75, 3.05) is 18.2 Å². The van der Waals surface area contributed by atoms with Crippen molar-refractivity contribution in [3.05, 3.63) is 47.7 Å². The summed E-state index contributed by atoms with van der Waals surface area (Å²) in [6, 6.07) is 7.52. The summed E-state index contributed by atoms with van der Waals surface area (Å²) in [7, 11) is 3.03. The third-order valence-electron chi connectivity index (χ3n) is 4.14. The topological polar surface area (TPSA) is 91.1 Å². The number of anilines is 3. The third kappa shape index (κ3) is 3.56. The van der Waals surface area contributed by atoms with Crippen molar-refractivity contribution in [2.24, 2.45) is 12.2 Å². The lowest BCUT2D eigenvalue weighted by molar-refractivity contribution is 0.407. The minimum atomic E-state index is -0.742. The van der Waals surface area contributed by atoms with E-state index in [4.69, 9.17) is 15.6 Å². The first-order chi connectivity index (χ1) is 12.8. The molecule has 0 atom stereocenters. The number of nitrogen functional groups attached to an aromatic ring is 1. The van der Waals surface area contributed by atoms with Gasteiger partial charge in [0.1, 0.15) is 23.2 Å². The molecule has 0 unspecified atom stereocenters. The van der Waals surface area contributed by atoms with Crippen LogP contribution in [-0.2, 0) is 7.05 Å². The summed E-state index contributed by atoms with van der Waals surface area (Å²) in [4.78, 5) is 0.798. The van der Waals surface area contributed by atoms with Gasteiger partial charge in [0.05, 0.1) is 35.3 Å². The van der Waals surface area contributed by atoms with Crippen molar-refractivity contribution in [3.63, 3.8) is 0 Å². The predicted octanol–water partition coefficient (Wildman–Crippen LogP) is 3.97. The molecule has 1 heterocycles. The van der Waals surface area contributed by atoms with Gasteiger partial charge in [-0.3, -0.25) is 9.82 Å². The zero-order chi connectivity index (χ0) is 19.7. The molecule has 0 aliphatic carbocycles. The second-order valence-corrected chi connectivity index (χ2v) is 6.60. The standard InChI is InChI=1S/C18H19F2N5OS/c1-9-16(17-12(19)6-10(26-3)7-13(17)20)18(25(2)24-9)23-15-5-4-11(27-22)8-14(15)21/h4-8,23H,21-22H2,1-3H3. The highest BCUT2D eigenvalue weighted by Crippen LogP contribution is 2.38. The van der Waals surface area contributed by atoms with Gasteiger partial charge >= 0.3 is 0 Å². The Morgan fingerprint density at radius 3 is 2.37 bits per heavy atom. The highest BCUT2D eigenvalue weighted by atomic mass is 32.2. The van der Waals surface area contributed by atoms with Crippen LogP contribution in [0.3, 0.4) is 0 Å². The predicted molar refractivity (Wildman–Crippen MR) is 104 cm³/mol. The number of nitrogens with two attached hydrogens (primary N) is 2. The summed E-state index contributed by atoms with van der Waals surface area (Å²) in [5.41, 5.74) is 7.68. The fraction of sp³-hybridized carbons (Fsp3) is 0.167. The van der Waals surface area contributed by atoms with Gasteiger partial charge in [0, 0.05) is 24.1 Å².